The van der Waals surface area contributed by atoms with E-state index in [1.165, 1.54) is 18.4 Å². The molecular weight excluding hydrogens is 502 g/mol. The Labute approximate surface area is 197 Å². The van der Waals surface area contributed by atoms with Crippen LogP contribution in [0.1, 0.15) is 12.0 Å². The molecule has 31 heavy (non-hydrogen) atoms. The number of thioether (sulfide) groups is 1. The quantitative estimate of drug-likeness (QED) is 0.218. The number of hydrogen-bond donors (Lipinski definition) is 1. The van der Waals surface area contributed by atoms with Gasteiger partial charge in [0.2, 0.25) is 0 Å². The molecule has 0 saturated heterocycles. The zero-order chi connectivity index (χ0) is 24.0. The summed E-state index contributed by atoms with van der Waals surface area (Å²) in [5, 5.41) is 3.17. The van der Waals surface area contributed by atoms with Gasteiger partial charge in [-0.25, -0.2) is 16.8 Å². The molecule has 0 saturated carbocycles. The fourth-order valence-corrected chi connectivity index (χ4v) is 5.93. The van der Waals surface area contributed by atoms with E-state index in [1.54, 1.807) is 45.2 Å². The van der Waals surface area contributed by atoms with Crippen molar-refractivity contribution in [3.05, 3.63) is 29.8 Å². The van der Waals surface area contributed by atoms with E-state index in [0.29, 0.717) is 24.6 Å². The van der Waals surface area contributed by atoms with Gasteiger partial charge in [0.1, 0.15) is 9.84 Å². The fraction of sp³-hybridized carbons (Fsp3) is 0.667. The van der Waals surface area contributed by atoms with Gasteiger partial charge in [0, 0.05) is 56.6 Å². The predicted molar refractivity (Wildman–Crippen MR) is 130 cm³/mol. The molecule has 0 atom stereocenters. The molecule has 0 heterocycles. The summed E-state index contributed by atoms with van der Waals surface area (Å²) >= 11 is 1.78. The molecule has 0 aliphatic heterocycles. The second-order valence-corrected chi connectivity index (χ2v) is 15.5. The Hall–Kier alpha value is -0.183. The molecule has 0 bridgehead atoms. The highest BCUT2D eigenvalue weighted by molar-refractivity contribution is 8.13. The Morgan fingerprint density at radius 3 is 1.97 bits per heavy atom. The Morgan fingerprint density at radius 1 is 1.00 bits per heavy atom. The van der Waals surface area contributed by atoms with Crippen molar-refractivity contribution in [2.24, 2.45) is 0 Å². The van der Waals surface area contributed by atoms with Crippen molar-refractivity contribution in [2.45, 2.75) is 23.8 Å². The van der Waals surface area contributed by atoms with E-state index in [1.807, 2.05) is 0 Å². The lowest BCUT2D eigenvalue weighted by Gasteiger charge is -2.24. The van der Waals surface area contributed by atoms with Gasteiger partial charge in [0.25, 0.3) is 9.05 Å². The first kappa shape index (κ1) is 30.8. The second-order valence-electron chi connectivity index (χ2n) is 6.60. The third kappa shape index (κ3) is 14.6. The van der Waals surface area contributed by atoms with Crippen LogP contribution >= 0.6 is 22.4 Å². The molecule has 0 radical (unpaired) electrons. The minimum absolute atomic E-state index is 0.0895. The highest BCUT2D eigenvalue weighted by atomic mass is 35.7. The van der Waals surface area contributed by atoms with Crippen LogP contribution in [0.3, 0.4) is 0 Å². The summed E-state index contributed by atoms with van der Waals surface area (Å²) in [5.74, 6) is 1.37. The fourth-order valence-electron chi connectivity index (χ4n) is 2.43. The number of nitrogens with one attached hydrogen (secondary N) is 1. The molecule has 0 aromatic heterocycles. The normalized spacial score (nSPS) is 12.3. The molecular formula is C18H34ClNO7S3Si. The molecule has 1 aromatic rings. The van der Waals surface area contributed by atoms with Crippen molar-refractivity contribution in [3.8, 4) is 0 Å². The number of hydrogen-bond acceptors (Lipinski definition) is 9. The summed E-state index contributed by atoms with van der Waals surface area (Å²) in [6, 6.07) is 7.01. The molecule has 182 valence electrons. The smallest absolute Gasteiger partial charge is 0.377 e. The average molecular weight is 536 g/mol. The number of sulfone groups is 1. The summed E-state index contributed by atoms with van der Waals surface area (Å²) < 4.78 is 59.5. The summed E-state index contributed by atoms with van der Waals surface area (Å²) in [5.41, 5.74) is 0.965. The van der Waals surface area contributed by atoms with Crippen LogP contribution in [-0.2, 0) is 38.6 Å². The molecule has 0 fully saturated rings. The van der Waals surface area contributed by atoms with Gasteiger partial charge in [-0.1, -0.05) is 12.1 Å². The van der Waals surface area contributed by atoms with Crippen molar-refractivity contribution in [3.63, 3.8) is 0 Å². The van der Waals surface area contributed by atoms with Crippen LogP contribution in [0, 0.1) is 0 Å². The number of rotatable bonds is 14. The Morgan fingerprint density at radius 2 is 1.55 bits per heavy atom. The maximum absolute atomic E-state index is 11.1. The number of halogens is 1. The van der Waals surface area contributed by atoms with E-state index in [9.17, 15) is 16.8 Å². The lowest BCUT2D eigenvalue weighted by Crippen LogP contribution is -2.43. The molecule has 0 unspecified atom stereocenters. The molecule has 1 aromatic carbocycles. The molecule has 8 nitrogen and oxygen atoms in total. The zero-order valence-electron chi connectivity index (χ0n) is 18.7. The molecule has 13 heteroatoms. The minimum atomic E-state index is -3.67. The van der Waals surface area contributed by atoms with Crippen LogP contribution in [0.5, 0.6) is 0 Å². The largest absolute Gasteiger partial charge is 0.500 e. The van der Waals surface area contributed by atoms with Gasteiger partial charge < -0.3 is 18.6 Å². The summed E-state index contributed by atoms with van der Waals surface area (Å²) in [6.45, 7) is 1.76. The number of benzene rings is 1. The van der Waals surface area contributed by atoms with E-state index < -0.39 is 27.7 Å². The first-order valence-electron chi connectivity index (χ1n) is 9.49. The van der Waals surface area contributed by atoms with Crippen molar-refractivity contribution < 1.29 is 30.1 Å². The molecule has 0 aliphatic rings. The highest BCUT2D eigenvalue weighted by Gasteiger charge is 2.37. The average Bonchev–Trinajstić information content (AvgIpc) is 2.71. The zero-order valence-corrected chi connectivity index (χ0v) is 22.9. The van der Waals surface area contributed by atoms with Gasteiger partial charge in [-0.15, -0.1) is 0 Å². The maximum atomic E-state index is 11.1. The molecule has 0 amide bonds. The summed E-state index contributed by atoms with van der Waals surface area (Å²) in [4.78, 5) is 0.0895. The Bertz CT molecular complexity index is 809. The van der Waals surface area contributed by atoms with Crippen LogP contribution in [0.4, 0.5) is 0 Å². The Balaban J connectivity index is 0.000000649. The molecule has 1 rings (SSSR count). The second kappa shape index (κ2) is 15.6. The van der Waals surface area contributed by atoms with Gasteiger partial charge in [-0.3, -0.25) is 0 Å². The molecule has 0 aliphatic carbocycles. The van der Waals surface area contributed by atoms with E-state index in [4.69, 9.17) is 24.0 Å². The number of aryl methyl sites for hydroxylation is 1. The van der Waals surface area contributed by atoms with E-state index >= 15 is 0 Å². The van der Waals surface area contributed by atoms with Gasteiger partial charge in [0.05, 0.1) is 10.6 Å². The summed E-state index contributed by atoms with van der Waals surface area (Å²) in [6.07, 6.45) is 4.71. The minimum Gasteiger partial charge on any atom is -0.377 e. The third-order valence-electron chi connectivity index (χ3n) is 4.21. The standard InChI is InChI=1S/C11H17ClO5SSi.C7H17NO2S2/c1-15-19(16-2,17-3)9-8-10-4-6-11(7-5-10)18(12,13)14;1-11-6-5-8-4-3-7-12(2,9)10/h4-7H,8-9H2,1-3H3;8H,3-7H2,1-2H3. The molecule has 0 spiro atoms. The SMILES string of the molecule is CO[Si](CCc1ccc(S(=O)(=O)Cl)cc1)(OC)OC.CSCCNCCCS(C)(=O)=O. The topological polar surface area (TPSA) is 108 Å². The van der Waals surface area contributed by atoms with Gasteiger partial charge in [-0.2, -0.15) is 11.8 Å². The van der Waals surface area contributed by atoms with Crippen molar-refractivity contribution in [2.75, 3.05) is 58.4 Å². The lowest BCUT2D eigenvalue weighted by molar-refractivity contribution is 0.123. The van der Waals surface area contributed by atoms with Gasteiger partial charge in [-0.05, 0) is 43.3 Å². The van der Waals surface area contributed by atoms with Gasteiger partial charge in [0.15, 0.2) is 0 Å². The first-order chi connectivity index (χ1) is 14.4. The van der Waals surface area contributed by atoms with Crippen molar-refractivity contribution in [1.82, 2.24) is 5.32 Å². The summed E-state index contributed by atoms with van der Waals surface area (Å²) in [7, 11) is 0.894. The predicted octanol–water partition coefficient (Wildman–Crippen LogP) is 2.41. The first-order valence-corrected chi connectivity index (χ1v) is 17.2. The van der Waals surface area contributed by atoms with E-state index in [-0.39, 0.29) is 4.90 Å². The maximum Gasteiger partial charge on any atom is 0.500 e. The van der Waals surface area contributed by atoms with Gasteiger partial charge >= 0.3 is 8.80 Å². The van der Waals surface area contributed by atoms with Crippen LogP contribution in [0.2, 0.25) is 6.04 Å². The third-order valence-corrected chi connectivity index (χ3v) is 9.95. The molecule has 1 N–H and O–H groups in total. The highest BCUT2D eigenvalue weighted by Crippen LogP contribution is 2.19. The van der Waals surface area contributed by atoms with Crippen LogP contribution in [0.15, 0.2) is 29.2 Å². The van der Waals surface area contributed by atoms with Crippen LogP contribution in [0.25, 0.3) is 0 Å². The van der Waals surface area contributed by atoms with E-state index in [2.05, 4.69) is 11.6 Å². The van der Waals surface area contributed by atoms with Crippen molar-refractivity contribution in [1.29, 1.82) is 0 Å². The monoisotopic (exact) mass is 535 g/mol. The van der Waals surface area contributed by atoms with Crippen LogP contribution < -0.4 is 5.32 Å². The lowest BCUT2D eigenvalue weighted by atomic mass is 10.2. The van der Waals surface area contributed by atoms with Crippen molar-refractivity contribution >= 4 is 50.1 Å². The van der Waals surface area contributed by atoms with E-state index in [0.717, 1.165) is 24.4 Å². The Kier molecular flexibility index (Phi) is 15.5. The van der Waals surface area contributed by atoms with Crippen LogP contribution in [-0.4, -0.2) is 84.1 Å².